The fraction of sp³-hybridized carbons (Fsp3) is 0.769. The minimum atomic E-state index is 0.937. The highest BCUT2D eigenvalue weighted by molar-refractivity contribution is 7.15. The summed E-state index contributed by atoms with van der Waals surface area (Å²) in [5.74, 6) is 0. The average Bonchev–Trinajstić information content (AvgIpc) is 2.79. The molecule has 0 aromatic carbocycles. The van der Waals surface area contributed by atoms with Crippen molar-refractivity contribution in [3.8, 4) is 0 Å². The Hall–Kier alpha value is -0.650. The van der Waals surface area contributed by atoms with Gasteiger partial charge in [0.1, 0.15) is 0 Å². The van der Waals surface area contributed by atoms with Gasteiger partial charge in [-0.2, -0.15) is 0 Å². The maximum Gasteiger partial charge on any atom is 0.185 e. The van der Waals surface area contributed by atoms with Crippen LogP contribution in [-0.2, 0) is 6.54 Å². The molecular formula is C13H26N4S. The van der Waals surface area contributed by atoms with E-state index in [1.54, 1.807) is 11.3 Å². The van der Waals surface area contributed by atoms with Gasteiger partial charge in [0.2, 0.25) is 0 Å². The maximum atomic E-state index is 4.48. The van der Waals surface area contributed by atoms with Crippen LogP contribution in [0, 0.1) is 0 Å². The molecule has 1 N–H and O–H groups in total. The number of hydrogen-bond acceptors (Lipinski definition) is 5. The minimum Gasteiger partial charge on any atom is -0.349 e. The Morgan fingerprint density at radius 3 is 2.61 bits per heavy atom. The quantitative estimate of drug-likeness (QED) is 0.696. The Bertz CT molecular complexity index is 321. The second-order valence-electron chi connectivity index (χ2n) is 4.62. The van der Waals surface area contributed by atoms with E-state index in [1.807, 2.05) is 6.20 Å². The zero-order chi connectivity index (χ0) is 13.4. The molecule has 0 unspecified atom stereocenters. The van der Waals surface area contributed by atoms with Gasteiger partial charge in [-0.1, -0.05) is 0 Å². The number of anilines is 1. The van der Waals surface area contributed by atoms with Crippen LogP contribution in [0.15, 0.2) is 6.20 Å². The highest BCUT2D eigenvalue weighted by atomic mass is 32.1. The van der Waals surface area contributed by atoms with Gasteiger partial charge in [0.15, 0.2) is 5.13 Å². The van der Waals surface area contributed by atoms with E-state index in [4.69, 9.17) is 0 Å². The molecule has 1 rings (SSSR count). The van der Waals surface area contributed by atoms with Gasteiger partial charge in [-0.3, -0.25) is 0 Å². The predicted molar refractivity (Wildman–Crippen MR) is 80.6 cm³/mol. The van der Waals surface area contributed by atoms with Crippen LogP contribution in [0.2, 0.25) is 0 Å². The molecule has 0 atom stereocenters. The topological polar surface area (TPSA) is 31.4 Å². The van der Waals surface area contributed by atoms with Crippen molar-refractivity contribution in [2.24, 2.45) is 0 Å². The van der Waals surface area contributed by atoms with Crippen molar-refractivity contribution in [1.29, 1.82) is 0 Å². The summed E-state index contributed by atoms with van der Waals surface area (Å²) in [6.07, 6.45) is 3.19. The molecule has 4 nitrogen and oxygen atoms in total. The van der Waals surface area contributed by atoms with Gasteiger partial charge < -0.3 is 15.1 Å². The number of rotatable bonds is 9. The van der Waals surface area contributed by atoms with E-state index < -0.39 is 0 Å². The van der Waals surface area contributed by atoms with E-state index in [0.29, 0.717) is 0 Å². The molecular weight excluding hydrogens is 244 g/mol. The molecule has 0 fully saturated rings. The molecule has 0 radical (unpaired) electrons. The van der Waals surface area contributed by atoms with Crippen LogP contribution in [0.25, 0.3) is 0 Å². The lowest BCUT2D eigenvalue weighted by Crippen LogP contribution is -2.21. The van der Waals surface area contributed by atoms with Crippen LogP contribution in [-0.4, -0.2) is 50.2 Å². The SMILES string of the molecule is CCN(CC)c1ncc(CNCCCN(C)C)s1. The van der Waals surface area contributed by atoms with E-state index in [9.17, 15) is 0 Å². The Balaban J connectivity index is 2.27. The molecule has 0 bridgehead atoms. The van der Waals surface area contributed by atoms with Crippen LogP contribution >= 0.6 is 11.3 Å². The fourth-order valence-corrected chi connectivity index (χ4v) is 2.76. The molecule has 0 aliphatic carbocycles. The molecule has 0 aliphatic heterocycles. The first-order valence-corrected chi connectivity index (χ1v) is 7.54. The lowest BCUT2D eigenvalue weighted by atomic mass is 10.4. The largest absolute Gasteiger partial charge is 0.349 e. The van der Waals surface area contributed by atoms with Crippen molar-refractivity contribution in [1.82, 2.24) is 15.2 Å². The van der Waals surface area contributed by atoms with E-state index in [-0.39, 0.29) is 0 Å². The average molecular weight is 270 g/mol. The first-order chi connectivity index (χ1) is 8.67. The molecule has 0 saturated carbocycles. The Kier molecular flexibility index (Phi) is 7.23. The van der Waals surface area contributed by atoms with Gasteiger partial charge in [0, 0.05) is 30.7 Å². The number of nitrogens with zero attached hydrogens (tertiary/aromatic N) is 3. The summed E-state index contributed by atoms with van der Waals surface area (Å²) in [7, 11) is 4.22. The molecule has 0 saturated heterocycles. The molecule has 104 valence electrons. The third-order valence-corrected chi connectivity index (χ3v) is 3.89. The monoisotopic (exact) mass is 270 g/mol. The summed E-state index contributed by atoms with van der Waals surface area (Å²) < 4.78 is 0. The van der Waals surface area contributed by atoms with E-state index in [2.05, 4.69) is 48.0 Å². The second kappa shape index (κ2) is 8.45. The van der Waals surface area contributed by atoms with E-state index in [1.165, 1.54) is 11.3 Å². The van der Waals surface area contributed by atoms with Gasteiger partial charge in [-0.05, 0) is 47.5 Å². The molecule has 1 aromatic heterocycles. The number of aromatic nitrogens is 1. The van der Waals surface area contributed by atoms with Crippen LogP contribution in [0.4, 0.5) is 5.13 Å². The lowest BCUT2D eigenvalue weighted by molar-refractivity contribution is 0.394. The van der Waals surface area contributed by atoms with Crippen molar-refractivity contribution in [2.75, 3.05) is 45.2 Å². The molecule has 18 heavy (non-hydrogen) atoms. The number of hydrogen-bond donors (Lipinski definition) is 1. The standard InChI is InChI=1S/C13H26N4S/c1-5-17(6-2)13-15-11-12(18-13)10-14-8-7-9-16(3)4/h11,14H,5-10H2,1-4H3. The number of nitrogens with one attached hydrogen (secondary N) is 1. The predicted octanol–water partition coefficient (Wildman–Crippen LogP) is 2.03. The summed E-state index contributed by atoms with van der Waals surface area (Å²) in [4.78, 5) is 10.3. The third-order valence-electron chi connectivity index (χ3n) is 2.83. The Morgan fingerprint density at radius 1 is 1.28 bits per heavy atom. The number of thiazole rings is 1. The lowest BCUT2D eigenvalue weighted by Gasteiger charge is -2.16. The first kappa shape index (κ1) is 15.4. The molecule has 0 aliphatic rings. The zero-order valence-corrected chi connectivity index (χ0v) is 12.9. The van der Waals surface area contributed by atoms with Crippen molar-refractivity contribution < 1.29 is 0 Å². The van der Waals surface area contributed by atoms with Gasteiger partial charge >= 0.3 is 0 Å². The summed E-state index contributed by atoms with van der Waals surface area (Å²) in [5.41, 5.74) is 0. The highest BCUT2D eigenvalue weighted by Gasteiger charge is 2.07. The zero-order valence-electron chi connectivity index (χ0n) is 12.1. The van der Waals surface area contributed by atoms with Crippen molar-refractivity contribution in [3.63, 3.8) is 0 Å². The summed E-state index contributed by atoms with van der Waals surface area (Å²) >= 11 is 1.80. The van der Waals surface area contributed by atoms with Crippen LogP contribution < -0.4 is 10.2 Å². The Labute approximate surface area is 115 Å². The Morgan fingerprint density at radius 2 is 2.00 bits per heavy atom. The minimum absolute atomic E-state index is 0.937. The maximum absolute atomic E-state index is 4.48. The molecule has 5 heteroatoms. The van der Waals surface area contributed by atoms with Crippen LogP contribution in [0.3, 0.4) is 0 Å². The van der Waals surface area contributed by atoms with Crippen LogP contribution in [0.5, 0.6) is 0 Å². The van der Waals surface area contributed by atoms with Gasteiger partial charge in [-0.25, -0.2) is 4.98 Å². The molecule has 1 heterocycles. The molecule has 0 spiro atoms. The first-order valence-electron chi connectivity index (χ1n) is 6.72. The van der Waals surface area contributed by atoms with Crippen molar-refractivity contribution in [2.45, 2.75) is 26.8 Å². The smallest absolute Gasteiger partial charge is 0.185 e. The van der Waals surface area contributed by atoms with Crippen LogP contribution in [0.1, 0.15) is 25.1 Å². The molecule has 0 amide bonds. The van der Waals surface area contributed by atoms with Gasteiger partial charge in [0.05, 0.1) is 0 Å². The second-order valence-corrected chi connectivity index (χ2v) is 5.71. The highest BCUT2D eigenvalue weighted by Crippen LogP contribution is 2.21. The van der Waals surface area contributed by atoms with Crippen molar-refractivity contribution >= 4 is 16.5 Å². The van der Waals surface area contributed by atoms with E-state index in [0.717, 1.165) is 37.9 Å². The van der Waals surface area contributed by atoms with Gasteiger partial charge in [-0.15, -0.1) is 11.3 Å². The van der Waals surface area contributed by atoms with Gasteiger partial charge in [0.25, 0.3) is 0 Å². The summed E-state index contributed by atoms with van der Waals surface area (Å²) in [6, 6.07) is 0. The summed E-state index contributed by atoms with van der Waals surface area (Å²) in [6.45, 7) is 9.54. The fourth-order valence-electron chi connectivity index (χ4n) is 1.75. The van der Waals surface area contributed by atoms with Crippen molar-refractivity contribution in [3.05, 3.63) is 11.1 Å². The molecule has 1 aromatic rings. The summed E-state index contributed by atoms with van der Waals surface area (Å²) in [5, 5.41) is 4.61. The van der Waals surface area contributed by atoms with E-state index >= 15 is 0 Å². The third kappa shape index (κ3) is 5.33. The normalized spacial score (nSPS) is 11.2.